The molecular weight excluding hydrogens is 332 g/mol. The monoisotopic (exact) mass is 362 g/mol. The van der Waals surface area contributed by atoms with Crippen LogP contribution in [0.1, 0.15) is 43.9 Å². The van der Waals surface area contributed by atoms with E-state index < -0.39 is 0 Å². The molecule has 3 heteroatoms. The number of hydrogen-bond acceptors (Lipinski definition) is 2. The Morgan fingerprint density at radius 1 is 1.07 bits per heavy atom. The molecule has 0 fully saturated rings. The summed E-state index contributed by atoms with van der Waals surface area (Å²) in [7, 11) is 1.75. The van der Waals surface area contributed by atoms with Gasteiger partial charge in [-0.15, -0.1) is 0 Å². The molecule has 142 valence electrons. The molecule has 0 spiro atoms. The number of methoxy groups -OCH3 is 1. The first kappa shape index (κ1) is 19.4. The second-order valence-corrected chi connectivity index (χ2v) is 7.38. The fourth-order valence-corrected chi connectivity index (χ4v) is 3.49. The van der Waals surface area contributed by atoms with E-state index in [2.05, 4.69) is 91.7 Å². The molecule has 0 saturated carbocycles. The summed E-state index contributed by atoms with van der Waals surface area (Å²) in [5.41, 5.74) is 2.48. The van der Waals surface area contributed by atoms with Gasteiger partial charge in [0.1, 0.15) is 5.84 Å². The van der Waals surface area contributed by atoms with Gasteiger partial charge in [-0.3, -0.25) is 4.99 Å². The Labute approximate surface area is 163 Å². The van der Waals surface area contributed by atoms with E-state index in [4.69, 9.17) is 9.73 Å². The number of nitrogens with zero attached hydrogens (tertiary/aromatic N) is 2. The van der Waals surface area contributed by atoms with Crippen LogP contribution in [0.15, 0.2) is 77.9 Å². The molecule has 2 aromatic rings. The minimum atomic E-state index is 0.122. The fourth-order valence-electron chi connectivity index (χ4n) is 3.49. The number of ether oxygens (including phenoxy) is 1. The van der Waals surface area contributed by atoms with Crippen LogP contribution in [0.5, 0.6) is 0 Å². The van der Waals surface area contributed by atoms with Gasteiger partial charge in [0.15, 0.2) is 0 Å². The largest absolute Gasteiger partial charge is 0.382 e. The lowest BCUT2D eigenvalue weighted by Gasteiger charge is -2.35. The first-order valence-electron chi connectivity index (χ1n) is 9.82. The summed E-state index contributed by atoms with van der Waals surface area (Å²) in [5.74, 6) is 1.43. The van der Waals surface area contributed by atoms with Gasteiger partial charge >= 0.3 is 0 Å². The van der Waals surface area contributed by atoms with E-state index in [1.807, 2.05) is 0 Å². The van der Waals surface area contributed by atoms with E-state index in [1.165, 1.54) is 5.56 Å². The third kappa shape index (κ3) is 4.86. The average molecular weight is 363 g/mol. The maximum absolute atomic E-state index is 5.46. The lowest BCUT2D eigenvalue weighted by molar-refractivity contribution is 0.164. The van der Waals surface area contributed by atoms with Crippen LogP contribution in [-0.4, -0.2) is 30.5 Å². The second kappa shape index (κ2) is 9.52. The summed E-state index contributed by atoms with van der Waals surface area (Å²) in [6.45, 7) is 5.04. The zero-order valence-electron chi connectivity index (χ0n) is 16.6. The van der Waals surface area contributed by atoms with Crippen molar-refractivity contribution in [2.75, 3.05) is 13.7 Å². The van der Waals surface area contributed by atoms with E-state index >= 15 is 0 Å². The van der Waals surface area contributed by atoms with Gasteiger partial charge in [-0.05, 0) is 24.3 Å². The van der Waals surface area contributed by atoms with Gasteiger partial charge in [-0.1, -0.05) is 80.6 Å². The topological polar surface area (TPSA) is 24.8 Å². The van der Waals surface area contributed by atoms with Crippen LogP contribution in [0.3, 0.4) is 0 Å². The van der Waals surface area contributed by atoms with Crippen LogP contribution in [0.2, 0.25) is 0 Å². The van der Waals surface area contributed by atoms with Crippen LogP contribution in [0.4, 0.5) is 0 Å². The van der Waals surface area contributed by atoms with Crippen LogP contribution in [0.25, 0.3) is 0 Å². The smallest absolute Gasteiger partial charge is 0.135 e. The minimum absolute atomic E-state index is 0.122. The standard InChI is InChI=1S/C24H30N2O/c1-19(2)22(18-27-3)25-24(21-14-8-5-9-15-21)26-17-11-10-16-23(26)20-12-6-4-7-13-20/h4-9,11-15,17,19,22-23H,10,16,18H2,1-3H3/t22-,23-/m0/s1. The highest BCUT2D eigenvalue weighted by Gasteiger charge is 2.26. The molecule has 0 unspecified atom stereocenters. The lowest BCUT2D eigenvalue weighted by Crippen LogP contribution is -2.35. The van der Waals surface area contributed by atoms with E-state index in [9.17, 15) is 0 Å². The third-order valence-electron chi connectivity index (χ3n) is 5.06. The van der Waals surface area contributed by atoms with Crippen LogP contribution < -0.4 is 0 Å². The molecule has 0 radical (unpaired) electrons. The Morgan fingerprint density at radius 3 is 2.37 bits per heavy atom. The number of allylic oxidation sites excluding steroid dienone is 1. The van der Waals surface area contributed by atoms with Gasteiger partial charge in [0.05, 0.1) is 18.7 Å². The maximum Gasteiger partial charge on any atom is 0.135 e. The van der Waals surface area contributed by atoms with Crippen molar-refractivity contribution in [2.24, 2.45) is 10.9 Å². The summed E-state index contributed by atoms with van der Waals surface area (Å²) < 4.78 is 5.46. The number of benzene rings is 2. The molecular formula is C24H30N2O. The molecule has 3 rings (SSSR count). The second-order valence-electron chi connectivity index (χ2n) is 7.38. The molecule has 3 nitrogen and oxygen atoms in total. The van der Waals surface area contributed by atoms with Gasteiger partial charge < -0.3 is 9.64 Å². The van der Waals surface area contributed by atoms with Gasteiger partial charge in [0, 0.05) is 18.9 Å². The van der Waals surface area contributed by atoms with Crippen LogP contribution in [-0.2, 0) is 4.74 Å². The molecule has 2 aromatic carbocycles. The quantitative estimate of drug-likeness (QED) is 0.504. The summed E-state index contributed by atoms with van der Waals surface area (Å²) in [4.78, 5) is 7.55. The van der Waals surface area contributed by atoms with E-state index in [0.717, 1.165) is 24.2 Å². The third-order valence-corrected chi connectivity index (χ3v) is 5.06. The van der Waals surface area contributed by atoms with Crippen molar-refractivity contribution in [3.8, 4) is 0 Å². The Kier molecular flexibility index (Phi) is 6.83. The summed E-state index contributed by atoms with van der Waals surface area (Å²) >= 11 is 0. The predicted octanol–water partition coefficient (Wildman–Crippen LogP) is 5.46. The highest BCUT2D eigenvalue weighted by Crippen LogP contribution is 2.32. The summed E-state index contributed by atoms with van der Waals surface area (Å²) in [5, 5.41) is 0. The van der Waals surface area contributed by atoms with Crippen molar-refractivity contribution in [3.63, 3.8) is 0 Å². The first-order valence-corrected chi connectivity index (χ1v) is 9.82. The van der Waals surface area contributed by atoms with Crippen molar-refractivity contribution in [3.05, 3.63) is 84.1 Å². The molecule has 0 N–H and O–H groups in total. The highest BCUT2D eigenvalue weighted by atomic mass is 16.5. The molecule has 27 heavy (non-hydrogen) atoms. The van der Waals surface area contributed by atoms with E-state index in [0.29, 0.717) is 18.6 Å². The van der Waals surface area contributed by atoms with Crippen LogP contribution >= 0.6 is 0 Å². The molecule has 1 heterocycles. The summed E-state index contributed by atoms with van der Waals surface area (Å²) in [6, 6.07) is 21.7. The Balaban J connectivity index is 2.05. The fraction of sp³-hybridized carbons (Fsp3) is 0.375. The number of amidine groups is 1. The molecule has 1 aliphatic heterocycles. The zero-order valence-corrected chi connectivity index (χ0v) is 16.6. The number of rotatable bonds is 6. The first-order chi connectivity index (χ1) is 13.2. The molecule has 0 bridgehead atoms. The van der Waals surface area contributed by atoms with Gasteiger partial charge in [-0.25, -0.2) is 0 Å². The normalized spacial score (nSPS) is 18.7. The average Bonchev–Trinajstić information content (AvgIpc) is 2.72. The molecule has 1 aliphatic rings. The van der Waals surface area contributed by atoms with Gasteiger partial charge in [-0.2, -0.15) is 0 Å². The molecule has 0 aliphatic carbocycles. The minimum Gasteiger partial charge on any atom is -0.382 e. The van der Waals surface area contributed by atoms with Crippen LogP contribution in [0, 0.1) is 5.92 Å². The maximum atomic E-state index is 5.46. The van der Waals surface area contributed by atoms with Crippen molar-refractivity contribution in [1.82, 2.24) is 4.90 Å². The molecule has 0 aromatic heterocycles. The van der Waals surface area contributed by atoms with Crippen molar-refractivity contribution < 1.29 is 4.74 Å². The zero-order chi connectivity index (χ0) is 19.1. The Hall–Kier alpha value is -2.39. The number of hydrogen-bond donors (Lipinski definition) is 0. The van der Waals surface area contributed by atoms with E-state index in [1.54, 1.807) is 7.11 Å². The molecule has 0 saturated heterocycles. The number of aliphatic imine (C=N–C) groups is 1. The van der Waals surface area contributed by atoms with Crippen molar-refractivity contribution >= 4 is 5.84 Å². The molecule has 0 amide bonds. The lowest BCUT2D eigenvalue weighted by atomic mass is 9.96. The highest BCUT2D eigenvalue weighted by molar-refractivity contribution is 5.99. The van der Waals surface area contributed by atoms with Gasteiger partial charge in [0.25, 0.3) is 0 Å². The Bertz CT molecular complexity index is 752. The Morgan fingerprint density at radius 2 is 1.74 bits per heavy atom. The van der Waals surface area contributed by atoms with Crippen molar-refractivity contribution in [2.45, 2.75) is 38.8 Å². The predicted molar refractivity (Wildman–Crippen MR) is 113 cm³/mol. The van der Waals surface area contributed by atoms with E-state index in [-0.39, 0.29) is 6.04 Å². The van der Waals surface area contributed by atoms with Gasteiger partial charge in [0.2, 0.25) is 0 Å². The summed E-state index contributed by atoms with van der Waals surface area (Å²) in [6.07, 6.45) is 6.63. The molecule has 2 atom stereocenters. The van der Waals surface area contributed by atoms with Crippen molar-refractivity contribution in [1.29, 1.82) is 0 Å². The SMILES string of the molecule is COC[C@H](N=C(c1ccccc1)N1C=CCC[C@H]1c1ccccc1)C(C)C.